The Balaban J connectivity index is 1.74. The fourth-order valence-corrected chi connectivity index (χ4v) is 3.62. The maximum absolute atomic E-state index is 13.5. The highest BCUT2D eigenvalue weighted by Gasteiger charge is 2.41. The smallest absolute Gasteiger partial charge is 0.254 e. The number of nitrogens with zero attached hydrogens (tertiary/aromatic N) is 3. The summed E-state index contributed by atoms with van der Waals surface area (Å²) in [6.07, 6.45) is 3.27. The molecule has 1 aliphatic rings. The minimum Gasteiger partial charge on any atom is -0.496 e. The molecule has 1 aromatic heterocycles. The number of anilines is 1. The fraction of sp³-hybridized carbons (Fsp3) is 0.174. The van der Waals surface area contributed by atoms with Crippen LogP contribution in [0, 0.1) is 0 Å². The van der Waals surface area contributed by atoms with Gasteiger partial charge in [0.15, 0.2) is 0 Å². The third-order valence-corrected chi connectivity index (χ3v) is 5.05. The van der Waals surface area contributed by atoms with Crippen LogP contribution >= 0.6 is 0 Å². The second-order valence-corrected chi connectivity index (χ2v) is 6.78. The van der Waals surface area contributed by atoms with Crippen LogP contribution in [0.5, 0.6) is 5.75 Å². The van der Waals surface area contributed by atoms with Gasteiger partial charge in [-0.25, -0.2) is 0 Å². The van der Waals surface area contributed by atoms with Gasteiger partial charge < -0.3 is 14.5 Å². The standard InChI is InChI=1S/C23H21N3O3/c1-29-20-10-6-5-7-18(20)15-26-21(27)16-25(19-8-3-2-4-9-19)23(28)22(26)17-11-13-24-14-12-17/h2-14,22H,15-16H2,1H3/t22-/m1/s1. The largest absolute Gasteiger partial charge is 0.496 e. The Kier molecular flexibility index (Phi) is 5.24. The number of aromatic nitrogens is 1. The minimum atomic E-state index is -0.732. The summed E-state index contributed by atoms with van der Waals surface area (Å²) in [5.41, 5.74) is 2.29. The van der Waals surface area contributed by atoms with Crippen molar-refractivity contribution in [1.82, 2.24) is 9.88 Å². The van der Waals surface area contributed by atoms with E-state index in [1.165, 1.54) is 0 Å². The summed E-state index contributed by atoms with van der Waals surface area (Å²) in [6, 6.07) is 19.6. The van der Waals surface area contributed by atoms with Crippen molar-refractivity contribution >= 4 is 17.5 Å². The van der Waals surface area contributed by atoms with Gasteiger partial charge in [0.2, 0.25) is 5.91 Å². The maximum atomic E-state index is 13.5. The van der Waals surface area contributed by atoms with Crippen molar-refractivity contribution in [2.24, 2.45) is 0 Å². The molecule has 0 unspecified atom stereocenters. The normalized spacial score (nSPS) is 16.8. The Bertz CT molecular complexity index is 1010. The summed E-state index contributed by atoms with van der Waals surface area (Å²) in [4.78, 5) is 33.9. The molecule has 1 aliphatic heterocycles. The van der Waals surface area contributed by atoms with E-state index >= 15 is 0 Å². The lowest BCUT2D eigenvalue weighted by molar-refractivity contribution is -0.144. The summed E-state index contributed by atoms with van der Waals surface area (Å²) in [5, 5.41) is 0. The van der Waals surface area contributed by atoms with Crippen LogP contribution in [0.1, 0.15) is 17.2 Å². The second-order valence-electron chi connectivity index (χ2n) is 6.78. The van der Waals surface area contributed by atoms with Crippen molar-refractivity contribution in [3.8, 4) is 5.75 Å². The SMILES string of the molecule is COc1ccccc1CN1C(=O)CN(c2ccccc2)C(=O)[C@H]1c1ccncc1. The van der Waals surface area contributed by atoms with E-state index in [2.05, 4.69) is 4.98 Å². The van der Waals surface area contributed by atoms with Crippen LogP contribution in [0.3, 0.4) is 0 Å². The molecular formula is C23H21N3O3. The monoisotopic (exact) mass is 387 g/mol. The van der Waals surface area contributed by atoms with Crippen molar-refractivity contribution in [2.45, 2.75) is 12.6 Å². The molecule has 6 nitrogen and oxygen atoms in total. The zero-order valence-electron chi connectivity index (χ0n) is 16.1. The topological polar surface area (TPSA) is 62.7 Å². The molecule has 0 N–H and O–H groups in total. The van der Waals surface area contributed by atoms with Crippen LogP contribution in [-0.2, 0) is 16.1 Å². The van der Waals surface area contributed by atoms with Crippen LogP contribution in [0.2, 0.25) is 0 Å². The quantitative estimate of drug-likeness (QED) is 0.674. The second kappa shape index (κ2) is 8.14. The van der Waals surface area contributed by atoms with E-state index in [0.717, 1.165) is 11.1 Å². The molecule has 0 aliphatic carbocycles. The predicted octanol–water partition coefficient (Wildman–Crippen LogP) is 3.21. The van der Waals surface area contributed by atoms with E-state index in [0.29, 0.717) is 11.4 Å². The number of amides is 2. The van der Waals surface area contributed by atoms with E-state index < -0.39 is 6.04 Å². The zero-order valence-corrected chi connectivity index (χ0v) is 16.1. The molecule has 3 aromatic rings. The first-order valence-corrected chi connectivity index (χ1v) is 9.37. The van der Waals surface area contributed by atoms with Gasteiger partial charge >= 0.3 is 0 Å². The van der Waals surface area contributed by atoms with Crippen LogP contribution < -0.4 is 9.64 Å². The first kappa shape index (κ1) is 18.7. The highest BCUT2D eigenvalue weighted by molar-refractivity contribution is 6.06. The van der Waals surface area contributed by atoms with Crippen molar-refractivity contribution in [3.63, 3.8) is 0 Å². The Morgan fingerprint density at radius 3 is 2.38 bits per heavy atom. The van der Waals surface area contributed by atoms with Crippen molar-refractivity contribution < 1.29 is 14.3 Å². The number of carbonyl (C=O) groups is 2. The lowest BCUT2D eigenvalue weighted by atomic mass is 10.00. The molecule has 1 saturated heterocycles. The van der Waals surface area contributed by atoms with Gasteiger partial charge in [0.1, 0.15) is 18.3 Å². The van der Waals surface area contributed by atoms with Crippen molar-refractivity contribution in [2.75, 3.05) is 18.6 Å². The Morgan fingerprint density at radius 2 is 1.66 bits per heavy atom. The molecule has 0 saturated carbocycles. The molecule has 0 radical (unpaired) electrons. The van der Waals surface area contributed by atoms with E-state index in [9.17, 15) is 9.59 Å². The lowest BCUT2D eigenvalue weighted by Crippen LogP contribution is -2.55. The first-order valence-electron chi connectivity index (χ1n) is 9.37. The van der Waals surface area contributed by atoms with Crippen molar-refractivity contribution in [1.29, 1.82) is 0 Å². The molecule has 2 aromatic carbocycles. The highest BCUT2D eigenvalue weighted by atomic mass is 16.5. The number of ether oxygens (including phenoxy) is 1. The third kappa shape index (κ3) is 3.69. The molecule has 0 bridgehead atoms. The zero-order chi connectivity index (χ0) is 20.2. The van der Waals surface area contributed by atoms with Crippen molar-refractivity contribution in [3.05, 3.63) is 90.3 Å². The van der Waals surface area contributed by atoms with Crippen LogP contribution in [0.4, 0.5) is 5.69 Å². The van der Waals surface area contributed by atoms with E-state index in [4.69, 9.17) is 4.74 Å². The number of pyridine rings is 1. The van der Waals surface area contributed by atoms with Crippen LogP contribution in [-0.4, -0.2) is 35.4 Å². The summed E-state index contributed by atoms with van der Waals surface area (Å²) < 4.78 is 5.44. The molecule has 6 heteroatoms. The molecule has 146 valence electrons. The molecule has 4 rings (SSSR count). The van der Waals surface area contributed by atoms with Gasteiger partial charge in [-0.1, -0.05) is 36.4 Å². The van der Waals surface area contributed by atoms with Gasteiger partial charge in [-0.2, -0.15) is 0 Å². The minimum absolute atomic E-state index is 0.000417. The number of methoxy groups -OCH3 is 1. The summed E-state index contributed by atoms with van der Waals surface area (Å²) in [5.74, 6) is 0.421. The average molecular weight is 387 g/mol. The van der Waals surface area contributed by atoms with Gasteiger partial charge in [-0.3, -0.25) is 14.6 Å². The number of rotatable bonds is 5. The molecular weight excluding hydrogens is 366 g/mol. The lowest BCUT2D eigenvalue weighted by Gasteiger charge is -2.40. The van der Waals surface area contributed by atoms with E-state index in [1.54, 1.807) is 41.4 Å². The summed E-state index contributed by atoms with van der Waals surface area (Å²) in [7, 11) is 1.60. The van der Waals surface area contributed by atoms with E-state index in [-0.39, 0.29) is 24.9 Å². The number of benzene rings is 2. The maximum Gasteiger partial charge on any atom is 0.254 e. The van der Waals surface area contributed by atoms with Gasteiger partial charge in [0.25, 0.3) is 5.91 Å². The molecule has 29 heavy (non-hydrogen) atoms. The van der Waals surface area contributed by atoms with Gasteiger partial charge in [-0.05, 0) is 35.9 Å². The first-order chi connectivity index (χ1) is 14.2. The molecule has 1 atom stereocenters. The Hall–Kier alpha value is -3.67. The van der Waals surface area contributed by atoms with Gasteiger partial charge in [0, 0.05) is 23.6 Å². The summed E-state index contributed by atoms with van der Waals surface area (Å²) >= 11 is 0. The Labute approximate surface area is 169 Å². The molecule has 2 heterocycles. The molecule has 1 fully saturated rings. The van der Waals surface area contributed by atoms with Crippen LogP contribution in [0.15, 0.2) is 79.1 Å². The number of piperazine rings is 1. The average Bonchev–Trinajstić information content (AvgIpc) is 2.77. The fourth-order valence-electron chi connectivity index (χ4n) is 3.62. The molecule has 2 amide bonds. The number of carbonyl (C=O) groups excluding carboxylic acids is 2. The van der Waals surface area contributed by atoms with Gasteiger partial charge in [0.05, 0.1) is 13.7 Å². The van der Waals surface area contributed by atoms with E-state index in [1.807, 2.05) is 54.6 Å². The van der Waals surface area contributed by atoms with Gasteiger partial charge in [-0.15, -0.1) is 0 Å². The molecule has 0 spiro atoms. The third-order valence-electron chi connectivity index (χ3n) is 5.05. The predicted molar refractivity (Wildman–Crippen MR) is 109 cm³/mol. The Morgan fingerprint density at radius 1 is 0.966 bits per heavy atom. The van der Waals surface area contributed by atoms with Crippen LogP contribution in [0.25, 0.3) is 0 Å². The number of hydrogen-bond donors (Lipinski definition) is 0. The number of para-hydroxylation sites is 2. The summed E-state index contributed by atoms with van der Waals surface area (Å²) in [6.45, 7) is 0.282. The highest BCUT2D eigenvalue weighted by Crippen LogP contribution is 2.33. The number of hydrogen-bond acceptors (Lipinski definition) is 4.